The van der Waals surface area contributed by atoms with Crippen LogP contribution in [-0.4, -0.2) is 11.3 Å². The Balaban J connectivity index is 1.75. The van der Waals surface area contributed by atoms with Gasteiger partial charge in [-0.3, -0.25) is 4.79 Å². The second-order valence-corrected chi connectivity index (χ2v) is 8.14. The lowest BCUT2D eigenvalue weighted by molar-refractivity contribution is -0.151. The predicted molar refractivity (Wildman–Crippen MR) is 118 cm³/mol. The zero-order chi connectivity index (χ0) is 21.0. The smallest absolute Gasteiger partial charge is 0.321 e. The third kappa shape index (κ3) is 3.86. The van der Waals surface area contributed by atoms with Crippen molar-refractivity contribution in [1.29, 1.82) is 0 Å². The highest BCUT2D eigenvalue weighted by molar-refractivity contribution is 9.09. The fourth-order valence-corrected chi connectivity index (χ4v) is 4.41. The Hall–Kier alpha value is -2.66. The number of para-hydroxylation sites is 2. The third-order valence-corrected chi connectivity index (χ3v) is 6.04. The molecule has 0 unspecified atom stereocenters. The fraction of sp³-hybridized carbons (Fsp3) is 0.240. The van der Waals surface area contributed by atoms with Crippen molar-refractivity contribution in [2.75, 3.05) is 5.33 Å². The van der Waals surface area contributed by atoms with Crippen molar-refractivity contribution in [3.05, 3.63) is 95.3 Å². The Kier molecular flexibility index (Phi) is 6.18. The second kappa shape index (κ2) is 9.00. The number of hydrogen-bond acceptors (Lipinski definition) is 3. The number of halogens is 2. The number of benzene rings is 3. The molecule has 0 N–H and O–H groups in total. The highest BCUT2D eigenvalue weighted by atomic mass is 79.9. The van der Waals surface area contributed by atoms with Crippen molar-refractivity contribution in [1.82, 2.24) is 0 Å². The SMILES string of the molecule is O=C(OCc1ccc(F)cc1)C1(CCCCBr)c2ccccc2Oc2ccccc21. The molecule has 5 heteroatoms. The summed E-state index contributed by atoms with van der Waals surface area (Å²) in [4.78, 5) is 13.7. The zero-order valence-electron chi connectivity index (χ0n) is 16.4. The van der Waals surface area contributed by atoms with Crippen molar-refractivity contribution in [3.8, 4) is 11.5 Å². The standard InChI is InChI=1S/C25H22BrFO3/c26-16-6-5-15-25(24(28)29-17-18-11-13-19(27)14-12-18)20-7-1-3-9-22(20)30-23-10-4-2-8-21(23)25/h1-4,7-14H,5-6,15-17H2. The molecular formula is C25H22BrFO3. The maximum absolute atomic E-state index is 13.7. The van der Waals surface area contributed by atoms with Gasteiger partial charge in [0.25, 0.3) is 0 Å². The van der Waals surface area contributed by atoms with Gasteiger partial charge in [-0.1, -0.05) is 70.9 Å². The van der Waals surface area contributed by atoms with Crippen LogP contribution in [-0.2, 0) is 21.6 Å². The summed E-state index contributed by atoms with van der Waals surface area (Å²) >= 11 is 3.49. The molecule has 3 aromatic carbocycles. The Morgan fingerprint density at radius 1 is 0.900 bits per heavy atom. The number of fused-ring (bicyclic) bond motifs is 2. The summed E-state index contributed by atoms with van der Waals surface area (Å²) in [6.45, 7) is 0.0878. The molecule has 0 fully saturated rings. The monoisotopic (exact) mass is 468 g/mol. The number of rotatable bonds is 7. The predicted octanol–water partition coefficient (Wildman–Crippen LogP) is 6.53. The summed E-state index contributed by atoms with van der Waals surface area (Å²) in [7, 11) is 0. The van der Waals surface area contributed by atoms with Gasteiger partial charge in [0, 0.05) is 16.5 Å². The first-order valence-electron chi connectivity index (χ1n) is 9.99. The van der Waals surface area contributed by atoms with Crippen molar-refractivity contribution < 1.29 is 18.7 Å². The molecule has 0 spiro atoms. The molecule has 0 saturated heterocycles. The van der Waals surface area contributed by atoms with E-state index in [9.17, 15) is 9.18 Å². The molecule has 0 aromatic heterocycles. The summed E-state index contributed by atoms with van der Waals surface area (Å²) in [5.41, 5.74) is 1.44. The van der Waals surface area contributed by atoms with Crippen LogP contribution in [0.3, 0.4) is 0 Å². The number of carbonyl (C=O) groups is 1. The summed E-state index contributed by atoms with van der Waals surface area (Å²) in [5.74, 6) is 0.718. The van der Waals surface area contributed by atoms with Crippen LogP contribution in [0.2, 0.25) is 0 Å². The molecule has 4 rings (SSSR count). The van der Waals surface area contributed by atoms with Crippen molar-refractivity contribution in [3.63, 3.8) is 0 Å². The Morgan fingerprint density at radius 2 is 1.50 bits per heavy atom. The molecule has 3 nitrogen and oxygen atoms in total. The van der Waals surface area contributed by atoms with Gasteiger partial charge < -0.3 is 9.47 Å². The molecule has 0 aliphatic carbocycles. The van der Waals surface area contributed by atoms with Gasteiger partial charge in [0.05, 0.1) is 0 Å². The van der Waals surface area contributed by atoms with Crippen LogP contribution in [0, 0.1) is 5.82 Å². The van der Waals surface area contributed by atoms with Crippen molar-refractivity contribution in [2.45, 2.75) is 31.3 Å². The van der Waals surface area contributed by atoms with Crippen LogP contribution < -0.4 is 4.74 Å². The number of hydrogen-bond donors (Lipinski definition) is 0. The van der Waals surface area contributed by atoms with E-state index in [1.165, 1.54) is 12.1 Å². The molecule has 0 radical (unpaired) electrons. The largest absolute Gasteiger partial charge is 0.460 e. The molecular weight excluding hydrogens is 447 g/mol. The van der Waals surface area contributed by atoms with E-state index in [4.69, 9.17) is 9.47 Å². The lowest BCUT2D eigenvalue weighted by atomic mass is 9.69. The van der Waals surface area contributed by atoms with Crippen LogP contribution in [0.5, 0.6) is 11.5 Å². The molecule has 30 heavy (non-hydrogen) atoms. The molecule has 1 aliphatic rings. The number of carbonyl (C=O) groups excluding carboxylic acids is 1. The van der Waals surface area contributed by atoms with E-state index in [0.717, 1.165) is 34.9 Å². The van der Waals surface area contributed by atoms with Gasteiger partial charge in [-0.15, -0.1) is 0 Å². The Labute approximate surface area is 184 Å². The molecule has 1 heterocycles. The van der Waals surface area contributed by atoms with E-state index in [-0.39, 0.29) is 18.4 Å². The number of esters is 1. The van der Waals surface area contributed by atoms with E-state index >= 15 is 0 Å². The maximum Gasteiger partial charge on any atom is 0.321 e. The van der Waals surface area contributed by atoms with Gasteiger partial charge in [0.15, 0.2) is 0 Å². The minimum absolute atomic E-state index is 0.0878. The van der Waals surface area contributed by atoms with Crippen LogP contribution in [0.25, 0.3) is 0 Å². The highest BCUT2D eigenvalue weighted by Crippen LogP contribution is 2.51. The Morgan fingerprint density at radius 3 is 2.10 bits per heavy atom. The molecule has 1 aliphatic heterocycles. The van der Waals surface area contributed by atoms with Crippen LogP contribution in [0.4, 0.5) is 4.39 Å². The first-order chi connectivity index (χ1) is 14.6. The van der Waals surface area contributed by atoms with Gasteiger partial charge in [-0.25, -0.2) is 4.39 Å². The molecule has 0 amide bonds. The van der Waals surface area contributed by atoms with Gasteiger partial charge in [0.2, 0.25) is 0 Å². The number of alkyl halides is 1. The van der Waals surface area contributed by atoms with Gasteiger partial charge >= 0.3 is 5.97 Å². The van der Waals surface area contributed by atoms with Crippen LogP contribution in [0.15, 0.2) is 72.8 Å². The molecule has 0 saturated carbocycles. The molecule has 0 bridgehead atoms. The molecule has 0 atom stereocenters. The van der Waals surface area contributed by atoms with E-state index in [2.05, 4.69) is 15.9 Å². The van der Waals surface area contributed by atoms with Crippen LogP contribution in [0.1, 0.15) is 36.0 Å². The maximum atomic E-state index is 13.7. The topological polar surface area (TPSA) is 35.5 Å². The summed E-state index contributed by atoms with van der Waals surface area (Å²) in [6, 6.07) is 21.3. The van der Waals surface area contributed by atoms with Crippen LogP contribution >= 0.6 is 15.9 Å². The lowest BCUT2D eigenvalue weighted by Crippen LogP contribution is -2.41. The lowest BCUT2D eigenvalue weighted by Gasteiger charge is -2.38. The first-order valence-corrected chi connectivity index (χ1v) is 11.1. The third-order valence-electron chi connectivity index (χ3n) is 5.48. The van der Waals surface area contributed by atoms with Crippen molar-refractivity contribution >= 4 is 21.9 Å². The second-order valence-electron chi connectivity index (χ2n) is 7.35. The molecule has 3 aromatic rings. The number of unbranched alkanes of at least 4 members (excludes halogenated alkanes) is 1. The minimum atomic E-state index is -0.951. The van der Waals surface area contributed by atoms with Gasteiger partial charge in [-0.05, 0) is 42.7 Å². The highest BCUT2D eigenvalue weighted by Gasteiger charge is 2.49. The summed E-state index contributed by atoms with van der Waals surface area (Å²) < 4.78 is 25.1. The zero-order valence-corrected chi connectivity index (χ0v) is 18.0. The quantitative estimate of drug-likeness (QED) is 0.224. The Bertz CT molecular complexity index is 987. The van der Waals surface area contributed by atoms with Gasteiger partial charge in [0.1, 0.15) is 29.3 Å². The van der Waals surface area contributed by atoms with E-state index in [0.29, 0.717) is 17.9 Å². The number of ether oxygens (including phenoxy) is 2. The summed E-state index contributed by atoms with van der Waals surface area (Å²) in [5, 5.41) is 0.869. The van der Waals surface area contributed by atoms with E-state index in [1.807, 2.05) is 48.5 Å². The first kappa shape index (κ1) is 20.6. The average molecular weight is 469 g/mol. The fourth-order valence-electron chi connectivity index (χ4n) is 4.01. The van der Waals surface area contributed by atoms with E-state index < -0.39 is 5.41 Å². The van der Waals surface area contributed by atoms with E-state index in [1.54, 1.807) is 12.1 Å². The molecule has 154 valence electrons. The van der Waals surface area contributed by atoms with Crippen molar-refractivity contribution in [2.24, 2.45) is 0 Å². The normalized spacial score (nSPS) is 13.7. The average Bonchev–Trinajstić information content (AvgIpc) is 2.78. The van der Waals surface area contributed by atoms with Gasteiger partial charge in [-0.2, -0.15) is 0 Å². The summed E-state index contributed by atoms with van der Waals surface area (Å²) in [6.07, 6.45) is 2.40. The minimum Gasteiger partial charge on any atom is -0.460 e.